The Morgan fingerprint density at radius 2 is 2.00 bits per heavy atom. The summed E-state index contributed by atoms with van der Waals surface area (Å²) in [5.41, 5.74) is 0.508. The van der Waals surface area contributed by atoms with Crippen molar-refractivity contribution in [2.45, 2.75) is 13.0 Å². The van der Waals surface area contributed by atoms with Crippen LogP contribution in [0.1, 0.15) is 18.7 Å². The second-order valence-corrected chi connectivity index (χ2v) is 5.64. The van der Waals surface area contributed by atoms with Crippen LogP contribution in [-0.2, 0) is 9.59 Å². The third kappa shape index (κ3) is 4.75. The highest BCUT2D eigenvalue weighted by Gasteiger charge is 2.20. The number of carbonyl (C=O) groups is 2. The van der Waals surface area contributed by atoms with Gasteiger partial charge in [0.15, 0.2) is 0 Å². The lowest BCUT2D eigenvalue weighted by Crippen LogP contribution is -2.38. The molecular formula is C19H20N4O4. The molecule has 0 radical (unpaired) electrons. The molecule has 0 saturated carbocycles. The van der Waals surface area contributed by atoms with Crippen molar-refractivity contribution in [3.63, 3.8) is 0 Å². The number of nitrogens with zero attached hydrogens (tertiary/aromatic N) is 2. The summed E-state index contributed by atoms with van der Waals surface area (Å²) >= 11 is 0. The first kappa shape index (κ1) is 18.2. The van der Waals surface area contributed by atoms with Gasteiger partial charge in [0, 0.05) is 24.6 Å². The first-order chi connectivity index (χ1) is 13.2. The second-order valence-electron chi connectivity index (χ2n) is 5.64. The molecule has 0 spiro atoms. The van der Waals surface area contributed by atoms with Crippen LogP contribution in [0.15, 0.2) is 65.5 Å². The fourth-order valence-corrected chi connectivity index (χ4v) is 2.53. The van der Waals surface area contributed by atoms with Crippen LogP contribution in [0.3, 0.4) is 0 Å². The topological polar surface area (TPSA) is 98.4 Å². The largest absolute Gasteiger partial charge is 0.494 e. The van der Waals surface area contributed by atoms with Gasteiger partial charge < -0.3 is 19.8 Å². The van der Waals surface area contributed by atoms with Crippen molar-refractivity contribution >= 4 is 17.5 Å². The SMILES string of the molecule is CCOc1ccc(NC(=O)C(=O)NCC(c2ccco2)n2cccn2)cc1. The van der Waals surface area contributed by atoms with Crippen LogP contribution in [0.2, 0.25) is 0 Å². The molecule has 3 rings (SSSR count). The number of carbonyl (C=O) groups excluding carboxylic acids is 2. The van der Waals surface area contributed by atoms with Crippen molar-refractivity contribution in [3.8, 4) is 5.75 Å². The summed E-state index contributed by atoms with van der Waals surface area (Å²) in [4.78, 5) is 24.3. The molecule has 8 heteroatoms. The number of anilines is 1. The average Bonchev–Trinajstić information content (AvgIpc) is 3.38. The van der Waals surface area contributed by atoms with Crippen LogP contribution in [0.4, 0.5) is 5.69 Å². The van der Waals surface area contributed by atoms with Crippen molar-refractivity contribution in [1.29, 1.82) is 0 Å². The lowest BCUT2D eigenvalue weighted by atomic mass is 10.2. The molecule has 140 valence electrons. The minimum absolute atomic E-state index is 0.157. The van der Waals surface area contributed by atoms with E-state index >= 15 is 0 Å². The third-order valence-electron chi connectivity index (χ3n) is 3.80. The van der Waals surface area contributed by atoms with Crippen molar-refractivity contribution in [3.05, 3.63) is 66.9 Å². The lowest BCUT2D eigenvalue weighted by Gasteiger charge is -2.16. The first-order valence-electron chi connectivity index (χ1n) is 8.52. The Morgan fingerprint density at radius 1 is 1.19 bits per heavy atom. The van der Waals surface area contributed by atoms with Gasteiger partial charge in [-0.1, -0.05) is 0 Å². The van der Waals surface area contributed by atoms with Crippen molar-refractivity contribution in [2.24, 2.45) is 0 Å². The monoisotopic (exact) mass is 368 g/mol. The Balaban J connectivity index is 1.58. The normalized spacial score (nSPS) is 11.6. The van der Waals surface area contributed by atoms with E-state index in [1.165, 1.54) is 0 Å². The van der Waals surface area contributed by atoms with E-state index in [0.717, 1.165) is 0 Å². The smallest absolute Gasteiger partial charge is 0.313 e. The molecular weight excluding hydrogens is 348 g/mol. The number of hydrogen-bond donors (Lipinski definition) is 2. The summed E-state index contributed by atoms with van der Waals surface area (Å²) in [6.07, 6.45) is 4.95. The standard InChI is InChI=1S/C19H20N4O4/c1-2-26-15-8-6-14(7-9-15)22-19(25)18(24)20-13-16(17-5-3-12-27-17)23-11-4-10-21-23/h3-12,16H,2,13H2,1H3,(H,20,24)(H,22,25). The van der Waals surface area contributed by atoms with E-state index in [0.29, 0.717) is 23.8 Å². The Kier molecular flexibility index (Phi) is 5.88. The second kappa shape index (κ2) is 8.70. The molecule has 0 aliphatic heterocycles. The molecule has 8 nitrogen and oxygen atoms in total. The van der Waals surface area contributed by atoms with E-state index in [4.69, 9.17) is 9.15 Å². The molecule has 1 aromatic carbocycles. The molecule has 0 bridgehead atoms. The summed E-state index contributed by atoms with van der Waals surface area (Å²) < 4.78 is 12.4. The van der Waals surface area contributed by atoms with Crippen LogP contribution in [-0.4, -0.2) is 34.7 Å². The number of ether oxygens (including phenoxy) is 1. The summed E-state index contributed by atoms with van der Waals surface area (Å²) in [5.74, 6) is -0.170. The van der Waals surface area contributed by atoms with E-state index in [1.54, 1.807) is 65.8 Å². The van der Waals surface area contributed by atoms with Crippen LogP contribution in [0.5, 0.6) is 5.75 Å². The van der Waals surface area contributed by atoms with E-state index < -0.39 is 11.8 Å². The summed E-state index contributed by atoms with van der Waals surface area (Å²) in [5, 5.41) is 9.35. The molecule has 0 fully saturated rings. The Morgan fingerprint density at radius 3 is 2.63 bits per heavy atom. The van der Waals surface area contributed by atoms with Gasteiger partial charge in [-0.05, 0) is 49.4 Å². The van der Waals surface area contributed by atoms with Crippen LogP contribution in [0.25, 0.3) is 0 Å². The number of hydrogen-bond acceptors (Lipinski definition) is 5. The Hall–Kier alpha value is -3.55. The molecule has 0 aliphatic rings. The maximum absolute atomic E-state index is 12.2. The van der Waals surface area contributed by atoms with Crippen LogP contribution < -0.4 is 15.4 Å². The van der Waals surface area contributed by atoms with E-state index in [-0.39, 0.29) is 12.6 Å². The fourth-order valence-electron chi connectivity index (χ4n) is 2.53. The highest BCUT2D eigenvalue weighted by atomic mass is 16.5. The molecule has 27 heavy (non-hydrogen) atoms. The quantitative estimate of drug-likeness (QED) is 0.623. The predicted octanol–water partition coefficient (Wildman–Crippen LogP) is 2.22. The summed E-state index contributed by atoms with van der Waals surface area (Å²) in [7, 11) is 0. The minimum Gasteiger partial charge on any atom is -0.494 e. The molecule has 2 amide bonds. The highest BCUT2D eigenvalue weighted by molar-refractivity contribution is 6.39. The maximum Gasteiger partial charge on any atom is 0.313 e. The van der Waals surface area contributed by atoms with E-state index in [9.17, 15) is 9.59 Å². The van der Waals surface area contributed by atoms with Crippen LogP contribution in [0, 0.1) is 0 Å². The molecule has 2 heterocycles. The van der Waals surface area contributed by atoms with Gasteiger partial charge >= 0.3 is 11.8 Å². The summed E-state index contributed by atoms with van der Waals surface area (Å²) in [6.45, 7) is 2.60. The van der Waals surface area contributed by atoms with Gasteiger partial charge in [0.2, 0.25) is 0 Å². The average molecular weight is 368 g/mol. The molecule has 1 atom stereocenters. The zero-order valence-electron chi connectivity index (χ0n) is 14.8. The molecule has 2 N–H and O–H groups in total. The van der Waals surface area contributed by atoms with Crippen molar-refractivity contribution in [2.75, 3.05) is 18.5 Å². The van der Waals surface area contributed by atoms with Crippen molar-refractivity contribution in [1.82, 2.24) is 15.1 Å². The van der Waals surface area contributed by atoms with Gasteiger partial charge in [-0.2, -0.15) is 5.10 Å². The zero-order chi connectivity index (χ0) is 19.1. The molecule has 0 saturated heterocycles. The minimum atomic E-state index is -0.752. The number of amides is 2. The summed E-state index contributed by atoms with van der Waals surface area (Å²) in [6, 6.07) is 11.8. The number of furan rings is 1. The lowest BCUT2D eigenvalue weighted by molar-refractivity contribution is -0.136. The van der Waals surface area contributed by atoms with Gasteiger partial charge in [-0.3, -0.25) is 14.3 Å². The number of nitrogens with one attached hydrogen (secondary N) is 2. The predicted molar refractivity (Wildman–Crippen MR) is 98.3 cm³/mol. The van der Waals surface area contributed by atoms with Crippen LogP contribution >= 0.6 is 0 Å². The van der Waals surface area contributed by atoms with Gasteiger partial charge in [0.1, 0.15) is 17.6 Å². The third-order valence-corrected chi connectivity index (χ3v) is 3.80. The Bertz CT molecular complexity index is 824. The maximum atomic E-state index is 12.2. The first-order valence-corrected chi connectivity index (χ1v) is 8.52. The Labute approximate surface area is 156 Å². The fraction of sp³-hybridized carbons (Fsp3) is 0.211. The van der Waals surface area contributed by atoms with Gasteiger partial charge in [-0.25, -0.2) is 0 Å². The van der Waals surface area contributed by atoms with Gasteiger partial charge in [0.25, 0.3) is 0 Å². The van der Waals surface area contributed by atoms with E-state index in [2.05, 4.69) is 15.7 Å². The molecule has 2 aromatic heterocycles. The highest BCUT2D eigenvalue weighted by Crippen LogP contribution is 2.17. The van der Waals surface area contributed by atoms with Gasteiger partial charge in [-0.15, -0.1) is 0 Å². The molecule has 0 aliphatic carbocycles. The van der Waals surface area contributed by atoms with E-state index in [1.807, 2.05) is 6.92 Å². The molecule has 3 aromatic rings. The van der Waals surface area contributed by atoms with Crippen molar-refractivity contribution < 1.29 is 18.7 Å². The molecule has 1 unspecified atom stereocenters. The van der Waals surface area contributed by atoms with Gasteiger partial charge in [0.05, 0.1) is 12.9 Å². The number of aromatic nitrogens is 2. The zero-order valence-corrected chi connectivity index (χ0v) is 14.8. The number of rotatable bonds is 7. The number of benzene rings is 1.